The first-order chi connectivity index (χ1) is 14.6. The summed E-state index contributed by atoms with van der Waals surface area (Å²) in [6.45, 7) is 1.98. The molecule has 0 unspecified atom stereocenters. The Morgan fingerprint density at radius 2 is 1.63 bits per heavy atom. The number of benzene rings is 3. The predicted molar refractivity (Wildman–Crippen MR) is 115 cm³/mol. The first-order valence-electron chi connectivity index (χ1n) is 9.34. The average Bonchev–Trinajstić information content (AvgIpc) is 2.77. The van der Waals surface area contributed by atoms with Crippen LogP contribution in [0, 0.1) is 18.3 Å². The second-order valence-electron chi connectivity index (χ2n) is 6.50. The van der Waals surface area contributed by atoms with E-state index in [1.807, 2.05) is 25.1 Å². The highest BCUT2D eigenvalue weighted by atomic mass is 16.5. The summed E-state index contributed by atoms with van der Waals surface area (Å²) < 4.78 is 15.9. The number of hydrogen-bond acceptors (Lipinski definition) is 5. The molecule has 150 valence electrons. The van der Waals surface area contributed by atoms with E-state index in [-0.39, 0.29) is 6.61 Å². The predicted octanol–water partition coefficient (Wildman–Crippen LogP) is 5.19. The summed E-state index contributed by atoms with van der Waals surface area (Å²) in [5, 5.41) is 8.62. The van der Waals surface area contributed by atoms with E-state index in [1.165, 1.54) is 18.7 Å². The number of esters is 1. The molecule has 0 N–H and O–H groups in total. The van der Waals surface area contributed by atoms with E-state index in [1.54, 1.807) is 36.4 Å². The lowest BCUT2D eigenvalue weighted by Gasteiger charge is -2.08. The molecule has 5 heteroatoms. The highest BCUT2D eigenvalue weighted by Crippen LogP contribution is 2.28. The van der Waals surface area contributed by atoms with Crippen LogP contribution in [0.5, 0.6) is 17.2 Å². The van der Waals surface area contributed by atoms with Gasteiger partial charge in [-0.25, -0.2) is 4.79 Å². The summed E-state index contributed by atoms with van der Waals surface area (Å²) in [5.41, 5.74) is 4.10. The molecule has 3 aromatic rings. The molecular weight excluding hydrogens is 378 g/mol. The van der Waals surface area contributed by atoms with E-state index in [2.05, 4.69) is 24.3 Å². The largest absolute Gasteiger partial charge is 0.493 e. The molecule has 0 fully saturated rings. The SMILES string of the molecule is COc1cc(/C=C/C(=O)Oc2ccc(-c3ccc(C)cc3)cc2)ccc1OCC#N. The van der Waals surface area contributed by atoms with Crippen LogP contribution in [0.1, 0.15) is 11.1 Å². The standard InChI is InChI=1S/C25H21NO4/c1-18-3-7-20(8-4-18)21-9-11-22(12-10-21)30-25(27)14-6-19-5-13-23(29-16-15-26)24(17-19)28-2/h3-14,17H,16H2,1-2H3/b14-6+. The third kappa shape index (κ3) is 5.49. The van der Waals surface area contributed by atoms with Crippen molar-refractivity contribution in [3.8, 4) is 34.4 Å². The molecule has 0 atom stereocenters. The van der Waals surface area contributed by atoms with Gasteiger partial charge in [-0.15, -0.1) is 0 Å². The van der Waals surface area contributed by atoms with Crippen LogP contribution in [0.25, 0.3) is 17.2 Å². The van der Waals surface area contributed by atoms with Gasteiger partial charge in [0.25, 0.3) is 0 Å². The smallest absolute Gasteiger partial charge is 0.336 e. The molecule has 0 saturated carbocycles. The molecule has 0 bridgehead atoms. The van der Waals surface area contributed by atoms with Crippen molar-refractivity contribution in [2.24, 2.45) is 0 Å². The van der Waals surface area contributed by atoms with E-state index in [0.29, 0.717) is 17.2 Å². The van der Waals surface area contributed by atoms with Gasteiger partial charge in [-0.05, 0) is 54.0 Å². The maximum absolute atomic E-state index is 12.1. The minimum Gasteiger partial charge on any atom is -0.493 e. The van der Waals surface area contributed by atoms with Crippen LogP contribution in [-0.2, 0) is 4.79 Å². The van der Waals surface area contributed by atoms with Crippen molar-refractivity contribution in [2.45, 2.75) is 6.92 Å². The summed E-state index contributed by atoms with van der Waals surface area (Å²) in [4.78, 5) is 12.1. The van der Waals surface area contributed by atoms with E-state index >= 15 is 0 Å². The molecule has 3 rings (SSSR count). The van der Waals surface area contributed by atoms with E-state index in [0.717, 1.165) is 16.7 Å². The maximum Gasteiger partial charge on any atom is 0.336 e. The number of ether oxygens (including phenoxy) is 3. The average molecular weight is 399 g/mol. The number of aryl methyl sites for hydroxylation is 1. The van der Waals surface area contributed by atoms with Gasteiger partial charge in [-0.1, -0.05) is 48.0 Å². The molecular formula is C25H21NO4. The Labute approximate surface area is 175 Å². The summed E-state index contributed by atoms with van der Waals surface area (Å²) in [7, 11) is 1.51. The molecule has 3 aromatic carbocycles. The zero-order chi connectivity index (χ0) is 21.3. The molecule has 0 radical (unpaired) electrons. The van der Waals surface area contributed by atoms with Crippen LogP contribution < -0.4 is 14.2 Å². The minimum absolute atomic E-state index is 0.0689. The topological polar surface area (TPSA) is 68.6 Å². The van der Waals surface area contributed by atoms with Gasteiger partial charge in [0.1, 0.15) is 11.8 Å². The Morgan fingerprint density at radius 3 is 2.27 bits per heavy atom. The number of nitrogens with zero attached hydrogens (tertiary/aromatic N) is 1. The number of hydrogen-bond donors (Lipinski definition) is 0. The molecule has 0 aliphatic rings. The quantitative estimate of drug-likeness (QED) is 0.311. The van der Waals surface area contributed by atoms with E-state index in [9.17, 15) is 4.79 Å². The van der Waals surface area contributed by atoms with Gasteiger partial charge in [0, 0.05) is 6.08 Å². The van der Waals surface area contributed by atoms with Gasteiger partial charge < -0.3 is 14.2 Å². The zero-order valence-electron chi connectivity index (χ0n) is 16.8. The number of rotatable bonds is 7. The van der Waals surface area contributed by atoms with Crippen molar-refractivity contribution in [2.75, 3.05) is 13.7 Å². The minimum atomic E-state index is -0.484. The van der Waals surface area contributed by atoms with Crippen molar-refractivity contribution in [3.05, 3.63) is 83.9 Å². The molecule has 5 nitrogen and oxygen atoms in total. The molecule has 0 aliphatic carbocycles. The van der Waals surface area contributed by atoms with Crippen molar-refractivity contribution in [1.29, 1.82) is 5.26 Å². The molecule has 0 aliphatic heterocycles. The summed E-state index contributed by atoms with van der Waals surface area (Å²) in [6, 6.07) is 22.7. The van der Waals surface area contributed by atoms with E-state index in [4.69, 9.17) is 19.5 Å². The Morgan fingerprint density at radius 1 is 0.967 bits per heavy atom. The Kier molecular flexibility index (Phi) is 6.86. The van der Waals surface area contributed by atoms with Gasteiger partial charge >= 0.3 is 5.97 Å². The second kappa shape index (κ2) is 9.94. The molecule has 0 saturated heterocycles. The molecule has 30 heavy (non-hydrogen) atoms. The van der Waals surface area contributed by atoms with Crippen LogP contribution in [0.3, 0.4) is 0 Å². The summed E-state index contributed by atoms with van der Waals surface area (Å²) in [5.74, 6) is 0.931. The molecule has 0 amide bonds. The molecule has 0 heterocycles. The monoisotopic (exact) mass is 399 g/mol. The normalized spacial score (nSPS) is 10.4. The van der Waals surface area contributed by atoms with Crippen LogP contribution in [-0.4, -0.2) is 19.7 Å². The number of carbonyl (C=O) groups excluding carboxylic acids is 1. The molecule has 0 spiro atoms. The third-order valence-electron chi connectivity index (χ3n) is 4.35. The maximum atomic E-state index is 12.1. The third-order valence-corrected chi connectivity index (χ3v) is 4.35. The Balaban J connectivity index is 1.63. The van der Waals surface area contributed by atoms with Gasteiger partial charge in [-0.2, -0.15) is 5.26 Å². The van der Waals surface area contributed by atoms with Crippen molar-refractivity contribution < 1.29 is 19.0 Å². The van der Waals surface area contributed by atoms with Gasteiger partial charge in [0.05, 0.1) is 7.11 Å². The second-order valence-corrected chi connectivity index (χ2v) is 6.50. The summed E-state index contributed by atoms with van der Waals surface area (Å²) in [6.07, 6.45) is 2.97. The van der Waals surface area contributed by atoms with Gasteiger partial charge in [-0.3, -0.25) is 0 Å². The lowest BCUT2D eigenvalue weighted by Crippen LogP contribution is -2.03. The van der Waals surface area contributed by atoms with E-state index < -0.39 is 5.97 Å². The number of nitriles is 1. The highest BCUT2D eigenvalue weighted by molar-refractivity contribution is 5.89. The Hall–Kier alpha value is -4.04. The highest BCUT2D eigenvalue weighted by Gasteiger charge is 2.06. The molecule has 0 aromatic heterocycles. The first-order valence-corrected chi connectivity index (χ1v) is 9.34. The first kappa shape index (κ1) is 20.7. The van der Waals surface area contributed by atoms with Gasteiger partial charge in [0.2, 0.25) is 0 Å². The Bertz CT molecular complexity index is 1080. The van der Waals surface area contributed by atoms with Crippen LogP contribution >= 0.6 is 0 Å². The fourth-order valence-electron chi connectivity index (χ4n) is 2.79. The van der Waals surface area contributed by atoms with Crippen molar-refractivity contribution in [3.63, 3.8) is 0 Å². The van der Waals surface area contributed by atoms with Crippen LogP contribution in [0.4, 0.5) is 0 Å². The lowest BCUT2D eigenvalue weighted by molar-refractivity contribution is -0.128. The van der Waals surface area contributed by atoms with Crippen LogP contribution in [0.2, 0.25) is 0 Å². The lowest BCUT2D eigenvalue weighted by atomic mass is 10.0. The van der Waals surface area contributed by atoms with Crippen LogP contribution in [0.15, 0.2) is 72.8 Å². The fourth-order valence-corrected chi connectivity index (χ4v) is 2.79. The van der Waals surface area contributed by atoms with Crippen molar-refractivity contribution >= 4 is 12.0 Å². The zero-order valence-corrected chi connectivity index (χ0v) is 16.8. The number of methoxy groups -OCH3 is 1. The van der Waals surface area contributed by atoms with Crippen molar-refractivity contribution in [1.82, 2.24) is 0 Å². The van der Waals surface area contributed by atoms with Gasteiger partial charge in [0.15, 0.2) is 18.1 Å². The number of carbonyl (C=O) groups is 1. The fraction of sp³-hybridized carbons (Fsp3) is 0.120. The summed E-state index contributed by atoms with van der Waals surface area (Å²) >= 11 is 0.